The molecule has 1 fully saturated rings. The van der Waals surface area contributed by atoms with Gasteiger partial charge in [-0.25, -0.2) is 0 Å². The summed E-state index contributed by atoms with van der Waals surface area (Å²) in [7, 11) is 0. The van der Waals surface area contributed by atoms with Crippen molar-refractivity contribution in [2.45, 2.75) is 12.1 Å². The van der Waals surface area contributed by atoms with Gasteiger partial charge < -0.3 is 19.7 Å². The lowest BCUT2D eigenvalue weighted by molar-refractivity contribution is -0.384. The molecule has 0 aliphatic carbocycles. The van der Waals surface area contributed by atoms with Crippen LogP contribution < -0.4 is 10.2 Å². The van der Waals surface area contributed by atoms with E-state index in [-0.39, 0.29) is 17.5 Å². The number of pyridine rings is 1. The number of nitro groups is 1. The van der Waals surface area contributed by atoms with Gasteiger partial charge in [0.2, 0.25) is 0 Å². The largest absolute Gasteiger partial charge is 0.506 e. The normalized spacial score (nSPS) is 17.7. The average molecular weight is 458 g/mol. The van der Waals surface area contributed by atoms with E-state index in [2.05, 4.69) is 10.3 Å². The summed E-state index contributed by atoms with van der Waals surface area (Å²) >= 11 is 5.64. The van der Waals surface area contributed by atoms with Crippen LogP contribution in [0.2, 0.25) is 0 Å². The molecule has 2 N–H and O–H groups in total. The molecule has 0 amide bonds. The molecule has 0 radical (unpaired) electrons. The molecular weight excluding hydrogens is 440 g/mol. The Hall–Kier alpha value is -4.24. The highest BCUT2D eigenvalue weighted by molar-refractivity contribution is 7.80. The number of hydrogen-bond donors (Lipinski definition) is 2. The number of nitrogens with zero attached hydrogens (tertiary/aromatic N) is 3. The van der Waals surface area contributed by atoms with Gasteiger partial charge in [-0.15, -0.1) is 0 Å². The van der Waals surface area contributed by atoms with Gasteiger partial charge in [0.05, 0.1) is 27.9 Å². The fourth-order valence-corrected chi connectivity index (χ4v) is 4.41. The Balaban J connectivity index is 1.63. The first-order valence-electron chi connectivity index (χ1n) is 10.2. The van der Waals surface area contributed by atoms with Crippen LogP contribution in [-0.2, 0) is 0 Å². The van der Waals surface area contributed by atoms with Crippen molar-refractivity contribution in [2.24, 2.45) is 0 Å². The number of anilines is 1. The van der Waals surface area contributed by atoms with E-state index in [1.54, 1.807) is 59.6 Å². The van der Waals surface area contributed by atoms with Crippen molar-refractivity contribution in [3.05, 3.63) is 107 Å². The molecule has 2 atom stereocenters. The van der Waals surface area contributed by atoms with Crippen molar-refractivity contribution in [3.8, 4) is 17.1 Å². The second kappa shape index (κ2) is 8.36. The fourth-order valence-electron chi connectivity index (χ4n) is 4.07. The molecule has 2 aromatic carbocycles. The molecule has 2 aromatic heterocycles. The number of aromatic nitrogens is 1. The molecule has 0 bridgehead atoms. The number of phenolic OH excluding ortho intramolecular Hbond substituents is 1. The minimum atomic E-state index is -0.489. The second-order valence-electron chi connectivity index (χ2n) is 7.46. The summed E-state index contributed by atoms with van der Waals surface area (Å²) in [6.45, 7) is 0. The Morgan fingerprint density at radius 3 is 2.55 bits per heavy atom. The SMILES string of the molecule is O=[N+]([O-])c1ccccc1-c1ccc(C2C(c3ccccn3)NC(=S)N2c2ccccc2O)o1. The van der Waals surface area contributed by atoms with Gasteiger partial charge in [-0.2, -0.15) is 0 Å². The number of furan rings is 1. The molecule has 1 aliphatic heterocycles. The van der Waals surface area contributed by atoms with Crippen molar-refractivity contribution in [1.82, 2.24) is 10.3 Å². The molecule has 5 rings (SSSR count). The molecule has 9 heteroatoms. The Morgan fingerprint density at radius 2 is 1.79 bits per heavy atom. The number of para-hydroxylation sites is 3. The van der Waals surface area contributed by atoms with Crippen LogP contribution in [0, 0.1) is 10.1 Å². The van der Waals surface area contributed by atoms with Crippen LogP contribution >= 0.6 is 12.2 Å². The van der Waals surface area contributed by atoms with Crippen LogP contribution in [0.15, 0.2) is 89.5 Å². The molecule has 33 heavy (non-hydrogen) atoms. The lowest BCUT2D eigenvalue weighted by atomic mass is 10.0. The van der Waals surface area contributed by atoms with Gasteiger partial charge in [0.25, 0.3) is 5.69 Å². The van der Waals surface area contributed by atoms with Crippen LogP contribution in [0.3, 0.4) is 0 Å². The number of hydrogen-bond acceptors (Lipinski definition) is 6. The van der Waals surface area contributed by atoms with Gasteiger partial charge in [0.1, 0.15) is 23.3 Å². The molecule has 0 spiro atoms. The molecular formula is C24H18N4O4S. The summed E-state index contributed by atoms with van der Waals surface area (Å²) in [5.41, 5.74) is 1.59. The molecule has 1 aliphatic rings. The number of nitro benzene ring substituents is 1. The monoisotopic (exact) mass is 458 g/mol. The number of thiocarbonyl (C=S) groups is 1. The summed E-state index contributed by atoms with van der Waals surface area (Å²) in [5.74, 6) is 0.959. The van der Waals surface area contributed by atoms with E-state index < -0.39 is 11.0 Å². The lowest BCUT2D eigenvalue weighted by Gasteiger charge is -2.26. The highest BCUT2D eigenvalue weighted by Crippen LogP contribution is 2.45. The van der Waals surface area contributed by atoms with Crippen LogP contribution in [0.5, 0.6) is 5.75 Å². The molecule has 0 saturated carbocycles. The van der Waals surface area contributed by atoms with E-state index in [9.17, 15) is 15.2 Å². The molecule has 2 unspecified atom stereocenters. The Bertz CT molecular complexity index is 1340. The molecule has 4 aromatic rings. The first-order chi connectivity index (χ1) is 16.0. The van der Waals surface area contributed by atoms with Crippen molar-refractivity contribution in [3.63, 3.8) is 0 Å². The predicted molar refractivity (Wildman–Crippen MR) is 127 cm³/mol. The van der Waals surface area contributed by atoms with Crippen LogP contribution in [0.4, 0.5) is 11.4 Å². The first-order valence-corrected chi connectivity index (χ1v) is 10.6. The minimum absolute atomic E-state index is 0.0442. The third-order valence-electron chi connectivity index (χ3n) is 5.52. The Morgan fingerprint density at radius 1 is 1.03 bits per heavy atom. The van der Waals surface area contributed by atoms with E-state index in [0.29, 0.717) is 27.9 Å². The predicted octanol–water partition coefficient (Wildman–Crippen LogP) is 5.13. The second-order valence-corrected chi connectivity index (χ2v) is 7.85. The highest BCUT2D eigenvalue weighted by Gasteiger charge is 2.43. The van der Waals surface area contributed by atoms with Crippen LogP contribution in [0.1, 0.15) is 23.5 Å². The summed E-state index contributed by atoms with van der Waals surface area (Å²) in [6.07, 6.45) is 1.70. The van der Waals surface area contributed by atoms with Gasteiger partial charge >= 0.3 is 0 Å². The van der Waals surface area contributed by atoms with Crippen molar-refractivity contribution in [2.75, 3.05) is 4.90 Å². The van der Waals surface area contributed by atoms with E-state index >= 15 is 0 Å². The minimum Gasteiger partial charge on any atom is -0.506 e. The van der Waals surface area contributed by atoms with Crippen molar-refractivity contribution in [1.29, 1.82) is 0 Å². The third kappa shape index (κ3) is 3.68. The fraction of sp³-hybridized carbons (Fsp3) is 0.0833. The van der Waals surface area contributed by atoms with Crippen LogP contribution in [0.25, 0.3) is 11.3 Å². The van der Waals surface area contributed by atoms with Crippen molar-refractivity contribution >= 4 is 28.7 Å². The maximum Gasteiger partial charge on any atom is 0.280 e. The van der Waals surface area contributed by atoms with E-state index in [4.69, 9.17) is 16.6 Å². The van der Waals surface area contributed by atoms with Gasteiger partial charge in [-0.3, -0.25) is 15.1 Å². The van der Waals surface area contributed by atoms with Gasteiger partial charge in [-0.1, -0.05) is 30.3 Å². The maximum absolute atomic E-state index is 11.5. The average Bonchev–Trinajstić information content (AvgIpc) is 3.44. The van der Waals surface area contributed by atoms with Gasteiger partial charge in [0, 0.05) is 12.3 Å². The summed E-state index contributed by atoms with van der Waals surface area (Å²) in [4.78, 5) is 17.3. The molecule has 3 heterocycles. The summed E-state index contributed by atoms with van der Waals surface area (Å²) in [5, 5.41) is 25.7. The number of benzene rings is 2. The van der Waals surface area contributed by atoms with Crippen molar-refractivity contribution < 1.29 is 14.4 Å². The molecule has 1 saturated heterocycles. The smallest absolute Gasteiger partial charge is 0.280 e. The van der Waals surface area contributed by atoms with E-state index in [1.807, 2.05) is 24.3 Å². The van der Waals surface area contributed by atoms with Gasteiger partial charge in [0.15, 0.2) is 5.11 Å². The standard InChI is InChI=1S/C24H18N4O4S/c29-19-11-4-3-10-18(19)27-23(22(26-24(27)33)16-8-5-6-14-25-16)21-13-12-20(32-21)15-7-1-2-9-17(15)28(30)31/h1-14,22-23,29H,(H,26,33). The quantitative estimate of drug-likeness (QED) is 0.241. The van der Waals surface area contributed by atoms with Gasteiger partial charge in [-0.05, 0) is 54.7 Å². The number of rotatable bonds is 5. The zero-order valence-corrected chi connectivity index (χ0v) is 18.0. The first kappa shape index (κ1) is 20.7. The topological polar surface area (TPSA) is 105 Å². The number of aromatic hydroxyl groups is 1. The van der Waals surface area contributed by atoms with Crippen LogP contribution in [-0.4, -0.2) is 20.1 Å². The Kier molecular flexibility index (Phi) is 5.23. The highest BCUT2D eigenvalue weighted by atomic mass is 32.1. The third-order valence-corrected chi connectivity index (χ3v) is 5.84. The van der Waals surface area contributed by atoms with E-state index in [0.717, 1.165) is 5.69 Å². The van der Waals surface area contributed by atoms with E-state index in [1.165, 1.54) is 6.07 Å². The zero-order chi connectivity index (χ0) is 22.9. The number of nitrogens with one attached hydrogen (secondary N) is 1. The summed E-state index contributed by atoms with van der Waals surface area (Å²) in [6, 6.07) is 21.5. The molecule has 8 nitrogen and oxygen atoms in total. The number of phenols is 1. The summed E-state index contributed by atoms with van der Waals surface area (Å²) < 4.78 is 6.18. The lowest BCUT2D eigenvalue weighted by Crippen LogP contribution is -2.29. The zero-order valence-electron chi connectivity index (χ0n) is 17.2. The maximum atomic E-state index is 11.5. The Labute approximate surface area is 194 Å². The molecule has 164 valence electrons.